The first kappa shape index (κ1) is 8.89. The smallest absolute Gasteiger partial charge is 0.195 e. The van der Waals surface area contributed by atoms with Crippen molar-refractivity contribution in [2.45, 2.75) is 6.92 Å². The van der Waals surface area contributed by atoms with Gasteiger partial charge in [0.25, 0.3) is 0 Å². The fourth-order valence-electron chi connectivity index (χ4n) is 0.930. The summed E-state index contributed by atoms with van der Waals surface area (Å²) in [4.78, 5) is 4.22. The van der Waals surface area contributed by atoms with Crippen molar-refractivity contribution >= 4 is 17.0 Å². The lowest BCUT2D eigenvalue weighted by molar-refractivity contribution is 0.319. The number of hydrogen-bond acceptors (Lipinski definition) is 6. The molecule has 0 aliphatic rings. The van der Waals surface area contributed by atoms with Crippen molar-refractivity contribution in [3.8, 4) is 10.8 Å². The van der Waals surface area contributed by atoms with Crippen LogP contribution in [-0.2, 0) is 0 Å². The first-order valence-corrected chi connectivity index (χ1v) is 4.75. The van der Waals surface area contributed by atoms with Crippen molar-refractivity contribution in [3.05, 3.63) is 23.3 Å². The van der Waals surface area contributed by atoms with E-state index in [0.29, 0.717) is 17.2 Å². The molecule has 0 atom stereocenters. The highest BCUT2D eigenvalue weighted by Gasteiger charge is 2.09. The highest BCUT2D eigenvalue weighted by atomic mass is 32.1. The van der Waals surface area contributed by atoms with Gasteiger partial charge >= 0.3 is 0 Å². The van der Waals surface area contributed by atoms with Gasteiger partial charge in [0, 0.05) is 11.4 Å². The largest absolute Gasteiger partial charge is 0.411 e. The number of rotatable bonds is 2. The Balaban J connectivity index is 2.36. The molecular weight excluding hydrogens is 202 g/mol. The first-order valence-electron chi connectivity index (χ1n) is 3.87. The quantitative estimate of drug-likeness (QED) is 0.466. The zero-order valence-corrected chi connectivity index (χ0v) is 8.15. The highest BCUT2D eigenvalue weighted by Crippen LogP contribution is 2.23. The predicted octanol–water partition coefficient (Wildman–Crippen LogP) is 2.00. The molecule has 0 aliphatic heterocycles. The van der Waals surface area contributed by atoms with Crippen LogP contribution in [0.15, 0.2) is 27.3 Å². The van der Waals surface area contributed by atoms with E-state index in [1.54, 1.807) is 24.6 Å². The first-order chi connectivity index (χ1) is 6.81. The molecule has 0 spiro atoms. The molecule has 0 saturated heterocycles. The lowest BCUT2D eigenvalue weighted by Crippen LogP contribution is -1.93. The van der Waals surface area contributed by atoms with Crippen LogP contribution in [0.1, 0.15) is 12.6 Å². The zero-order chi connectivity index (χ0) is 9.97. The lowest BCUT2D eigenvalue weighted by atomic mass is 10.3. The molecule has 0 aliphatic carbocycles. The van der Waals surface area contributed by atoms with Gasteiger partial charge in [0.15, 0.2) is 10.8 Å². The van der Waals surface area contributed by atoms with Crippen molar-refractivity contribution in [3.63, 3.8) is 0 Å². The van der Waals surface area contributed by atoms with E-state index in [1.165, 1.54) is 11.3 Å². The van der Waals surface area contributed by atoms with Crippen LogP contribution in [0.2, 0.25) is 0 Å². The van der Waals surface area contributed by atoms with E-state index in [4.69, 9.17) is 9.73 Å². The number of hydrogen-bond donors (Lipinski definition) is 1. The summed E-state index contributed by atoms with van der Waals surface area (Å²) in [5.74, 6) is 0.618. The molecule has 0 aromatic carbocycles. The fourth-order valence-corrected chi connectivity index (χ4v) is 1.75. The van der Waals surface area contributed by atoms with E-state index in [1.807, 2.05) is 0 Å². The Hall–Kier alpha value is -1.69. The lowest BCUT2D eigenvalue weighted by Gasteiger charge is -1.88. The highest BCUT2D eigenvalue weighted by molar-refractivity contribution is 7.13. The molecule has 2 rings (SSSR count). The van der Waals surface area contributed by atoms with Crippen LogP contribution < -0.4 is 0 Å². The number of aromatic nitrogens is 2. The molecule has 6 heteroatoms. The van der Waals surface area contributed by atoms with Crippen molar-refractivity contribution in [2.24, 2.45) is 5.16 Å². The van der Waals surface area contributed by atoms with E-state index in [9.17, 15) is 0 Å². The van der Waals surface area contributed by atoms with E-state index in [-0.39, 0.29) is 0 Å². The summed E-state index contributed by atoms with van der Waals surface area (Å²) in [6.45, 7) is 1.68. The fraction of sp³-hybridized carbons (Fsp3) is 0.125. The summed E-state index contributed by atoms with van der Waals surface area (Å²) in [5.41, 5.74) is 1.12. The maximum absolute atomic E-state index is 8.54. The van der Waals surface area contributed by atoms with Gasteiger partial charge in [-0.1, -0.05) is 10.3 Å². The van der Waals surface area contributed by atoms with Gasteiger partial charge < -0.3 is 9.73 Å². The third-order valence-electron chi connectivity index (χ3n) is 1.67. The summed E-state index contributed by atoms with van der Waals surface area (Å²) < 4.78 is 4.94. The summed E-state index contributed by atoms with van der Waals surface area (Å²) in [5, 5.41) is 17.7. The molecule has 1 N–H and O–H groups in total. The molecule has 0 radical (unpaired) electrons. The third kappa shape index (κ3) is 1.51. The summed E-state index contributed by atoms with van der Waals surface area (Å²) in [6.07, 6.45) is 1.56. The van der Waals surface area contributed by atoms with Crippen molar-refractivity contribution in [1.82, 2.24) is 10.1 Å². The molecule has 2 heterocycles. The van der Waals surface area contributed by atoms with E-state index in [0.717, 1.165) is 5.01 Å². The van der Waals surface area contributed by atoms with Crippen LogP contribution in [-0.4, -0.2) is 21.1 Å². The van der Waals surface area contributed by atoms with Gasteiger partial charge in [0.1, 0.15) is 5.71 Å². The standard InChI is InChI=1S/C8H7N3O2S/c1-5(11-12)6-4-14-8(10-6)7-2-3-9-13-7/h2-4,12H,1H3/b11-5-. The van der Waals surface area contributed by atoms with Gasteiger partial charge in [-0.3, -0.25) is 0 Å². The predicted molar refractivity (Wildman–Crippen MR) is 51.6 cm³/mol. The van der Waals surface area contributed by atoms with Crippen LogP contribution in [0.3, 0.4) is 0 Å². The second-order valence-corrected chi connectivity index (χ2v) is 3.46. The summed E-state index contributed by atoms with van der Waals surface area (Å²) in [6, 6.07) is 1.73. The molecule has 0 saturated carbocycles. The molecule has 2 aromatic rings. The number of oxime groups is 1. The average molecular weight is 209 g/mol. The SMILES string of the molecule is C/C(=N/O)c1csc(-c2ccno2)n1. The van der Waals surface area contributed by atoms with Crippen LogP contribution >= 0.6 is 11.3 Å². The molecule has 0 unspecified atom stereocenters. The Bertz CT molecular complexity index is 447. The van der Waals surface area contributed by atoms with Gasteiger partial charge in [-0.15, -0.1) is 11.3 Å². The molecular formula is C8H7N3O2S. The summed E-state index contributed by atoms with van der Waals surface area (Å²) >= 11 is 1.41. The Morgan fingerprint density at radius 3 is 3.14 bits per heavy atom. The Labute approximate surface area is 83.7 Å². The van der Waals surface area contributed by atoms with Gasteiger partial charge in [-0.25, -0.2) is 4.98 Å². The second-order valence-electron chi connectivity index (χ2n) is 2.60. The molecule has 0 fully saturated rings. The minimum atomic E-state index is 0.479. The van der Waals surface area contributed by atoms with Gasteiger partial charge in [-0.2, -0.15) is 0 Å². The molecule has 5 nitrogen and oxygen atoms in total. The third-order valence-corrected chi connectivity index (χ3v) is 2.53. The normalized spacial score (nSPS) is 11.9. The van der Waals surface area contributed by atoms with E-state index < -0.39 is 0 Å². The molecule has 72 valence electrons. The van der Waals surface area contributed by atoms with E-state index in [2.05, 4.69) is 15.3 Å². The Morgan fingerprint density at radius 2 is 2.50 bits per heavy atom. The average Bonchev–Trinajstić information content (AvgIpc) is 2.86. The van der Waals surface area contributed by atoms with Crippen molar-refractivity contribution in [2.75, 3.05) is 0 Å². The summed E-state index contributed by atoms with van der Waals surface area (Å²) in [7, 11) is 0. The van der Waals surface area contributed by atoms with Gasteiger partial charge in [0.2, 0.25) is 0 Å². The van der Waals surface area contributed by atoms with Crippen LogP contribution in [0, 0.1) is 0 Å². The van der Waals surface area contributed by atoms with Crippen LogP contribution in [0.4, 0.5) is 0 Å². The maximum Gasteiger partial charge on any atom is 0.195 e. The van der Waals surface area contributed by atoms with Gasteiger partial charge in [-0.05, 0) is 6.92 Å². The number of thiazole rings is 1. The molecule has 2 aromatic heterocycles. The molecule has 0 amide bonds. The monoisotopic (exact) mass is 209 g/mol. The van der Waals surface area contributed by atoms with Crippen LogP contribution in [0.5, 0.6) is 0 Å². The Kier molecular flexibility index (Phi) is 2.28. The topological polar surface area (TPSA) is 71.5 Å². The number of nitrogens with zero attached hydrogens (tertiary/aromatic N) is 3. The van der Waals surface area contributed by atoms with Crippen LogP contribution in [0.25, 0.3) is 10.8 Å². The Morgan fingerprint density at radius 1 is 1.64 bits per heavy atom. The van der Waals surface area contributed by atoms with Crippen molar-refractivity contribution in [1.29, 1.82) is 0 Å². The maximum atomic E-state index is 8.54. The minimum Gasteiger partial charge on any atom is -0.411 e. The molecule has 14 heavy (non-hydrogen) atoms. The van der Waals surface area contributed by atoms with E-state index >= 15 is 0 Å². The second kappa shape index (κ2) is 3.59. The molecule has 0 bridgehead atoms. The van der Waals surface area contributed by atoms with Crippen molar-refractivity contribution < 1.29 is 9.73 Å². The van der Waals surface area contributed by atoms with Gasteiger partial charge in [0.05, 0.1) is 11.9 Å². The minimum absolute atomic E-state index is 0.479. The zero-order valence-electron chi connectivity index (χ0n) is 7.34.